The fourth-order valence-electron chi connectivity index (χ4n) is 4.52. The number of ether oxygens (including phenoxy) is 2. The summed E-state index contributed by atoms with van der Waals surface area (Å²) in [6, 6.07) is 5.67. The van der Waals surface area contributed by atoms with Crippen molar-refractivity contribution in [2.45, 2.75) is 38.5 Å². The van der Waals surface area contributed by atoms with Crippen LogP contribution in [0, 0.1) is 18.8 Å². The third-order valence-electron chi connectivity index (χ3n) is 6.75. The van der Waals surface area contributed by atoms with Gasteiger partial charge in [-0.25, -0.2) is 4.98 Å². The molecule has 0 saturated heterocycles. The molecule has 166 valence electrons. The molecule has 0 aliphatic heterocycles. The van der Waals surface area contributed by atoms with E-state index in [9.17, 15) is 4.79 Å². The Balaban J connectivity index is 1.39. The first-order valence-electron chi connectivity index (χ1n) is 11.1. The van der Waals surface area contributed by atoms with Crippen molar-refractivity contribution in [2.24, 2.45) is 18.9 Å². The quantitative estimate of drug-likeness (QED) is 0.564. The molecule has 3 aromatic heterocycles. The van der Waals surface area contributed by atoms with Crippen LogP contribution in [-0.2, 0) is 7.05 Å². The number of aryl methyl sites for hydroxylation is 2. The van der Waals surface area contributed by atoms with E-state index >= 15 is 0 Å². The van der Waals surface area contributed by atoms with E-state index in [4.69, 9.17) is 9.47 Å². The van der Waals surface area contributed by atoms with E-state index in [-0.39, 0.29) is 5.56 Å². The van der Waals surface area contributed by atoms with Crippen LogP contribution < -0.4 is 15.0 Å². The molecular formula is C25H28N4O3. The van der Waals surface area contributed by atoms with E-state index in [0.717, 1.165) is 35.4 Å². The zero-order chi connectivity index (χ0) is 22.4. The van der Waals surface area contributed by atoms with Crippen LogP contribution in [0.1, 0.15) is 48.7 Å². The van der Waals surface area contributed by atoms with Crippen LogP contribution in [-0.4, -0.2) is 33.2 Å². The molecule has 2 aliphatic rings. The van der Waals surface area contributed by atoms with Crippen molar-refractivity contribution >= 4 is 0 Å². The summed E-state index contributed by atoms with van der Waals surface area (Å²) in [5.74, 6) is 3.65. The number of hydrogen-bond donors (Lipinski definition) is 0. The molecule has 2 saturated carbocycles. The van der Waals surface area contributed by atoms with Crippen molar-refractivity contribution in [3.8, 4) is 22.8 Å². The Hall–Kier alpha value is -3.22. The predicted octanol–water partition coefficient (Wildman–Crippen LogP) is 3.86. The van der Waals surface area contributed by atoms with Crippen LogP contribution in [0.3, 0.4) is 0 Å². The second kappa shape index (κ2) is 8.04. The normalized spacial score (nSPS) is 21.9. The van der Waals surface area contributed by atoms with Gasteiger partial charge >= 0.3 is 0 Å². The molecule has 2 fully saturated rings. The largest absolute Gasteiger partial charge is 0.495 e. The van der Waals surface area contributed by atoms with Crippen molar-refractivity contribution in [3.63, 3.8) is 0 Å². The average molecular weight is 433 g/mol. The van der Waals surface area contributed by atoms with Gasteiger partial charge in [-0.3, -0.25) is 9.78 Å². The molecule has 0 bridgehead atoms. The van der Waals surface area contributed by atoms with E-state index in [0.29, 0.717) is 42.0 Å². The molecule has 3 heterocycles. The lowest BCUT2D eigenvalue weighted by Gasteiger charge is -2.15. The van der Waals surface area contributed by atoms with Crippen LogP contribution in [0.5, 0.6) is 11.6 Å². The van der Waals surface area contributed by atoms with E-state index in [1.165, 1.54) is 5.56 Å². The Labute approximate surface area is 187 Å². The molecule has 3 aromatic rings. The summed E-state index contributed by atoms with van der Waals surface area (Å²) >= 11 is 0. The third kappa shape index (κ3) is 3.87. The number of hydrogen-bond acceptors (Lipinski definition) is 6. The maximum atomic E-state index is 12.4. The highest BCUT2D eigenvalue weighted by molar-refractivity contribution is 5.71. The molecule has 2 aliphatic carbocycles. The Kier molecular flexibility index (Phi) is 5.19. The summed E-state index contributed by atoms with van der Waals surface area (Å²) in [5, 5.41) is 0. The maximum absolute atomic E-state index is 12.4. The number of methoxy groups -OCH3 is 1. The molecule has 3 atom stereocenters. The molecule has 7 heteroatoms. The molecule has 5 rings (SSSR count). The predicted molar refractivity (Wildman–Crippen MR) is 121 cm³/mol. The fourth-order valence-corrected chi connectivity index (χ4v) is 4.52. The molecule has 7 nitrogen and oxygen atoms in total. The molecule has 0 N–H and O–H groups in total. The first-order chi connectivity index (χ1) is 15.5. The highest BCUT2D eigenvalue weighted by atomic mass is 16.5. The standard InChI is InChI=1S/C25H28N4O3/c1-14-21(24(14)22-8-7-17(31-4)10-27-22)13-32-25-19(11-26-15(2)28-25)18-9-23(30)29(3)12-20(18)16-5-6-16/h7-12,14,16,21,24H,5-6,13H2,1-4H3. The molecule has 0 radical (unpaired) electrons. The lowest BCUT2D eigenvalue weighted by atomic mass is 10.0. The number of rotatable bonds is 7. The van der Waals surface area contributed by atoms with Gasteiger partial charge in [-0.1, -0.05) is 6.92 Å². The number of pyridine rings is 2. The highest BCUT2D eigenvalue weighted by Gasteiger charge is 2.49. The van der Waals surface area contributed by atoms with Crippen molar-refractivity contribution < 1.29 is 9.47 Å². The van der Waals surface area contributed by atoms with Gasteiger partial charge in [-0.05, 0) is 54.9 Å². The maximum Gasteiger partial charge on any atom is 0.250 e. The van der Waals surface area contributed by atoms with Gasteiger partial charge in [0.25, 0.3) is 5.56 Å². The monoisotopic (exact) mass is 432 g/mol. The zero-order valence-corrected chi connectivity index (χ0v) is 18.9. The smallest absolute Gasteiger partial charge is 0.250 e. The second-order valence-corrected chi connectivity index (χ2v) is 8.98. The lowest BCUT2D eigenvalue weighted by Crippen LogP contribution is -2.17. The zero-order valence-electron chi connectivity index (χ0n) is 18.9. The van der Waals surface area contributed by atoms with Crippen LogP contribution in [0.25, 0.3) is 11.1 Å². The molecule has 0 spiro atoms. The van der Waals surface area contributed by atoms with Gasteiger partial charge in [0.05, 0.1) is 25.5 Å². The van der Waals surface area contributed by atoms with Gasteiger partial charge in [0.1, 0.15) is 11.6 Å². The van der Waals surface area contributed by atoms with Gasteiger partial charge in [0.15, 0.2) is 0 Å². The van der Waals surface area contributed by atoms with Gasteiger partial charge < -0.3 is 14.0 Å². The van der Waals surface area contributed by atoms with E-state index in [2.05, 4.69) is 21.9 Å². The summed E-state index contributed by atoms with van der Waals surface area (Å²) in [5.41, 5.74) is 3.88. The van der Waals surface area contributed by atoms with Crippen LogP contribution in [0.2, 0.25) is 0 Å². The van der Waals surface area contributed by atoms with Crippen LogP contribution in [0.4, 0.5) is 0 Å². The van der Waals surface area contributed by atoms with Crippen molar-refractivity contribution in [2.75, 3.05) is 13.7 Å². The fraction of sp³-hybridized carbons (Fsp3) is 0.440. The van der Waals surface area contributed by atoms with Gasteiger partial charge in [-0.15, -0.1) is 0 Å². The molecule has 0 amide bonds. The average Bonchev–Trinajstić information content (AvgIpc) is 3.71. The Morgan fingerprint density at radius 3 is 2.66 bits per heavy atom. The topological polar surface area (TPSA) is 79.1 Å². The third-order valence-corrected chi connectivity index (χ3v) is 6.75. The summed E-state index contributed by atoms with van der Waals surface area (Å²) in [6.07, 6.45) is 7.79. The second-order valence-electron chi connectivity index (χ2n) is 8.98. The molecule has 3 unspecified atom stereocenters. The van der Waals surface area contributed by atoms with E-state index < -0.39 is 0 Å². The first kappa shape index (κ1) is 20.7. The first-order valence-corrected chi connectivity index (χ1v) is 11.1. The number of nitrogens with zero attached hydrogens (tertiary/aromatic N) is 4. The summed E-state index contributed by atoms with van der Waals surface area (Å²) in [6.45, 7) is 4.63. The van der Waals surface area contributed by atoms with Gasteiger partial charge in [-0.2, -0.15) is 4.98 Å². The summed E-state index contributed by atoms with van der Waals surface area (Å²) < 4.78 is 13.1. The number of aromatic nitrogens is 4. The highest BCUT2D eigenvalue weighted by Crippen LogP contribution is 2.53. The SMILES string of the molecule is COc1ccc(C2C(C)C2COc2nc(C)ncc2-c2cc(=O)n(C)cc2C2CC2)nc1. The minimum Gasteiger partial charge on any atom is -0.495 e. The van der Waals surface area contributed by atoms with Crippen LogP contribution in [0.15, 0.2) is 41.6 Å². The summed E-state index contributed by atoms with van der Waals surface area (Å²) in [4.78, 5) is 26.0. The summed E-state index contributed by atoms with van der Waals surface area (Å²) in [7, 11) is 3.44. The Bertz CT molecular complexity index is 1200. The van der Waals surface area contributed by atoms with Crippen LogP contribution >= 0.6 is 0 Å². The lowest BCUT2D eigenvalue weighted by molar-refractivity contribution is 0.280. The van der Waals surface area contributed by atoms with Crippen molar-refractivity contribution in [1.82, 2.24) is 19.5 Å². The van der Waals surface area contributed by atoms with E-state index in [1.54, 1.807) is 37.2 Å². The Morgan fingerprint density at radius 1 is 1.16 bits per heavy atom. The Morgan fingerprint density at radius 2 is 1.97 bits per heavy atom. The van der Waals surface area contributed by atoms with Crippen molar-refractivity contribution in [1.29, 1.82) is 0 Å². The minimum absolute atomic E-state index is 0.0441. The van der Waals surface area contributed by atoms with Crippen molar-refractivity contribution in [3.05, 3.63) is 64.2 Å². The molecule has 32 heavy (non-hydrogen) atoms. The molecule has 0 aromatic carbocycles. The minimum atomic E-state index is -0.0441. The van der Waals surface area contributed by atoms with Gasteiger partial charge in [0, 0.05) is 43.0 Å². The van der Waals surface area contributed by atoms with Gasteiger partial charge in [0.2, 0.25) is 5.88 Å². The molecular weight excluding hydrogens is 404 g/mol. The van der Waals surface area contributed by atoms with E-state index in [1.807, 2.05) is 25.3 Å².